The van der Waals surface area contributed by atoms with Gasteiger partial charge in [0.1, 0.15) is 11.5 Å². The number of aromatic nitrogens is 3. The largest absolute Gasteiger partial charge is 0.379 e. The van der Waals surface area contributed by atoms with Gasteiger partial charge in [-0.05, 0) is 25.1 Å². The lowest BCUT2D eigenvalue weighted by Gasteiger charge is -2.26. The molecule has 122 valence electrons. The minimum absolute atomic E-state index is 0.144. The number of benzene rings is 1. The lowest BCUT2D eigenvalue weighted by Crippen LogP contribution is -2.48. The van der Waals surface area contributed by atoms with Gasteiger partial charge in [0.25, 0.3) is 5.91 Å². The lowest BCUT2D eigenvalue weighted by molar-refractivity contribution is 0.0124. The van der Waals surface area contributed by atoms with Gasteiger partial charge >= 0.3 is 0 Å². The van der Waals surface area contributed by atoms with Crippen LogP contribution in [-0.4, -0.2) is 52.2 Å². The van der Waals surface area contributed by atoms with Crippen LogP contribution in [0.1, 0.15) is 16.2 Å². The van der Waals surface area contributed by atoms with E-state index in [2.05, 4.69) is 15.7 Å². The van der Waals surface area contributed by atoms with Gasteiger partial charge < -0.3 is 4.74 Å². The van der Waals surface area contributed by atoms with Gasteiger partial charge in [-0.15, -0.1) is 5.10 Å². The minimum Gasteiger partial charge on any atom is -0.379 e. The van der Waals surface area contributed by atoms with E-state index in [0.29, 0.717) is 32.0 Å². The summed E-state index contributed by atoms with van der Waals surface area (Å²) in [6, 6.07) is 4.23. The number of rotatable bonds is 3. The predicted octanol–water partition coefficient (Wildman–Crippen LogP) is 1.35. The first kappa shape index (κ1) is 15.9. The summed E-state index contributed by atoms with van der Waals surface area (Å²) < 4.78 is 20.5. The van der Waals surface area contributed by atoms with E-state index in [-0.39, 0.29) is 22.3 Å². The number of hydrogen-bond donors (Lipinski definition) is 1. The number of carbonyl (C=O) groups is 1. The summed E-state index contributed by atoms with van der Waals surface area (Å²) in [5.74, 6) is -0.921. The maximum absolute atomic E-state index is 14.0. The normalized spacial score (nSPS) is 15.6. The van der Waals surface area contributed by atoms with Gasteiger partial charge in [0.15, 0.2) is 5.69 Å². The molecule has 1 saturated heterocycles. The molecule has 1 aliphatic heterocycles. The number of nitrogens with zero attached hydrogens (tertiary/aromatic N) is 4. The molecule has 0 aliphatic carbocycles. The zero-order chi connectivity index (χ0) is 16.4. The molecule has 1 aromatic carbocycles. The van der Waals surface area contributed by atoms with E-state index >= 15 is 0 Å². The van der Waals surface area contributed by atoms with Crippen molar-refractivity contribution in [2.45, 2.75) is 6.92 Å². The summed E-state index contributed by atoms with van der Waals surface area (Å²) in [6.45, 7) is 3.97. The Hall–Kier alpha value is -2.03. The molecule has 23 heavy (non-hydrogen) atoms. The smallest absolute Gasteiger partial charge is 0.288 e. The Balaban J connectivity index is 1.82. The Bertz CT molecular complexity index is 730. The number of halogens is 2. The van der Waals surface area contributed by atoms with E-state index in [1.165, 1.54) is 16.8 Å². The molecule has 1 aliphatic rings. The number of morpholine rings is 1. The SMILES string of the molecule is Cc1c(C(=O)NN2CCOCC2)nnn1-c1ccc(Cl)cc1F. The van der Waals surface area contributed by atoms with Crippen molar-refractivity contribution in [3.63, 3.8) is 0 Å². The molecular formula is C14H15ClFN5O2. The molecule has 0 unspecified atom stereocenters. The zero-order valence-electron chi connectivity index (χ0n) is 12.4. The van der Waals surface area contributed by atoms with Crippen LogP contribution < -0.4 is 5.43 Å². The summed E-state index contributed by atoms with van der Waals surface area (Å²) in [7, 11) is 0. The summed E-state index contributed by atoms with van der Waals surface area (Å²) in [5.41, 5.74) is 3.52. The highest BCUT2D eigenvalue weighted by atomic mass is 35.5. The highest BCUT2D eigenvalue weighted by Gasteiger charge is 2.21. The van der Waals surface area contributed by atoms with E-state index in [0.717, 1.165) is 0 Å². The van der Waals surface area contributed by atoms with E-state index in [9.17, 15) is 9.18 Å². The predicted molar refractivity (Wildman–Crippen MR) is 80.9 cm³/mol. The Kier molecular flexibility index (Phi) is 4.56. The molecule has 7 nitrogen and oxygen atoms in total. The Morgan fingerprint density at radius 2 is 2.13 bits per heavy atom. The second kappa shape index (κ2) is 6.61. The van der Waals surface area contributed by atoms with E-state index in [1.807, 2.05) is 0 Å². The van der Waals surface area contributed by atoms with E-state index in [1.54, 1.807) is 18.0 Å². The fraction of sp³-hybridized carbons (Fsp3) is 0.357. The van der Waals surface area contributed by atoms with Crippen LogP contribution in [0.2, 0.25) is 5.02 Å². The van der Waals surface area contributed by atoms with Crippen molar-refractivity contribution in [2.24, 2.45) is 0 Å². The number of nitrogens with one attached hydrogen (secondary N) is 1. The monoisotopic (exact) mass is 339 g/mol. The third kappa shape index (κ3) is 3.34. The minimum atomic E-state index is -0.536. The molecule has 9 heteroatoms. The van der Waals surface area contributed by atoms with Crippen LogP contribution in [0.5, 0.6) is 0 Å². The first-order chi connectivity index (χ1) is 11.1. The number of hydrogen-bond acceptors (Lipinski definition) is 5. The molecule has 0 saturated carbocycles. The Morgan fingerprint density at radius 1 is 1.39 bits per heavy atom. The lowest BCUT2D eigenvalue weighted by atomic mass is 10.2. The maximum atomic E-state index is 14.0. The van der Waals surface area contributed by atoms with Crippen LogP contribution >= 0.6 is 11.6 Å². The average Bonchev–Trinajstić information content (AvgIpc) is 2.90. The standard InChI is InChI=1S/C14H15ClFN5O2/c1-9-13(14(22)18-20-4-6-23-7-5-20)17-19-21(9)12-3-2-10(15)8-11(12)16/h2-3,8H,4-7H2,1H3,(H,18,22). The Labute approximate surface area is 136 Å². The number of hydrazine groups is 1. The van der Waals surface area contributed by atoms with Gasteiger partial charge in [-0.1, -0.05) is 16.8 Å². The first-order valence-electron chi connectivity index (χ1n) is 7.07. The van der Waals surface area contributed by atoms with Crippen LogP contribution in [-0.2, 0) is 4.74 Å². The molecule has 1 fully saturated rings. The Morgan fingerprint density at radius 3 is 2.83 bits per heavy atom. The van der Waals surface area contributed by atoms with Crippen LogP contribution in [0.3, 0.4) is 0 Å². The fourth-order valence-electron chi connectivity index (χ4n) is 2.29. The molecule has 1 aromatic heterocycles. The third-order valence-electron chi connectivity index (χ3n) is 3.52. The summed E-state index contributed by atoms with van der Waals surface area (Å²) >= 11 is 5.74. The van der Waals surface area contributed by atoms with Gasteiger partial charge in [0.2, 0.25) is 0 Å². The van der Waals surface area contributed by atoms with Gasteiger partial charge in [-0.25, -0.2) is 14.1 Å². The molecule has 1 amide bonds. The van der Waals surface area contributed by atoms with Gasteiger partial charge in [-0.2, -0.15) is 0 Å². The van der Waals surface area contributed by atoms with E-state index in [4.69, 9.17) is 16.3 Å². The van der Waals surface area contributed by atoms with Crippen molar-refractivity contribution in [1.29, 1.82) is 0 Å². The summed E-state index contributed by atoms with van der Waals surface area (Å²) in [6.07, 6.45) is 0. The van der Waals surface area contributed by atoms with Crippen molar-refractivity contribution in [2.75, 3.05) is 26.3 Å². The average molecular weight is 340 g/mol. The maximum Gasteiger partial charge on any atom is 0.288 e. The van der Waals surface area contributed by atoms with Crippen LogP contribution in [0.25, 0.3) is 5.69 Å². The fourth-order valence-corrected chi connectivity index (χ4v) is 2.45. The molecule has 2 heterocycles. The molecule has 0 atom stereocenters. The second-order valence-electron chi connectivity index (χ2n) is 5.07. The van der Waals surface area contributed by atoms with Crippen molar-refractivity contribution < 1.29 is 13.9 Å². The zero-order valence-corrected chi connectivity index (χ0v) is 13.2. The van der Waals surface area contributed by atoms with Gasteiger partial charge in [0, 0.05) is 18.1 Å². The highest BCUT2D eigenvalue weighted by molar-refractivity contribution is 6.30. The molecule has 0 bridgehead atoms. The van der Waals surface area contributed by atoms with Crippen molar-refractivity contribution in [1.82, 2.24) is 25.4 Å². The number of amides is 1. The van der Waals surface area contributed by atoms with Gasteiger partial charge in [0.05, 0.1) is 18.9 Å². The highest BCUT2D eigenvalue weighted by Crippen LogP contribution is 2.19. The van der Waals surface area contributed by atoms with Crippen molar-refractivity contribution in [3.05, 3.63) is 40.4 Å². The van der Waals surface area contributed by atoms with Crippen LogP contribution in [0.4, 0.5) is 4.39 Å². The number of ether oxygens (including phenoxy) is 1. The van der Waals surface area contributed by atoms with Crippen molar-refractivity contribution >= 4 is 17.5 Å². The third-order valence-corrected chi connectivity index (χ3v) is 3.75. The molecule has 0 spiro atoms. The quantitative estimate of drug-likeness (QED) is 0.913. The van der Waals surface area contributed by atoms with Gasteiger partial charge in [-0.3, -0.25) is 10.2 Å². The summed E-state index contributed by atoms with van der Waals surface area (Å²) in [4.78, 5) is 12.3. The first-order valence-corrected chi connectivity index (χ1v) is 7.45. The molecule has 0 radical (unpaired) electrons. The van der Waals surface area contributed by atoms with E-state index < -0.39 is 5.82 Å². The van der Waals surface area contributed by atoms with Crippen molar-refractivity contribution in [3.8, 4) is 5.69 Å². The molecule has 2 aromatic rings. The molecular weight excluding hydrogens is 325 g/mol. The van der Waals surface area contributed by atoms with Crippen LogP contribution in [0.15, 0.2) is 18.2 Å². The second-order valence-corrected chi connectivity index (χ2v) is 5.51. The summed E-state index contributed by atoms with van der Waals surface area (Å²) in [5, 5.41) is 9.78. The van der Waals surface area contributed by atoms with Crippen LogP contribution in [0, 0.1) is 12.7 Å². The molecule has 3 rings (SSSR count). The molecule has 1 N–H and O–H groups in total. The number of carbonyl (C=O) groups excluding carboxylic acids is 1. The topological polar surface area (TPSA) is 72.3 Å².